The molecule has 0 spiro atoms. The quantitative estimate of drug-likeness (QED) is 0.854. The molecule has 5 heteroatoms. The average molecular weight is 329 g/mol. The standard InChI is InChI=1S/C18H20N2O2S/c1-12(2)14-4-5-16-15(8-14)17(21)18(22)20(16)11-19(3)9-13-6-7-23-10-13/h4-8,10,12H,9,11H2,1-3H3/p+1. The Bertz CT molecular complexity index is 737. The van der Waals surface area contributed by atoms with Crippen molar-refractivity contribution in [3.8, 4) is 0 Å². The van der Waals surface area contributed by atoms with Gasteiger partial charge in [-0.05, 0) is 40.4 Å². The summed E-state index contributed by atoms with van der Waals surface area (Å²) in [4.78, 5) is 27.4. The van der Waals surface area contributed by atoms with E-state index in [4.69, 9.17) is 0 Å². The molecule has 0 bridgehead atoms. The summed E-state index contributed by atoms with van der Waals surface area (Å²) in [5, 5.41) is 4.17. The maximum atomic E-state index is 12.3. The third-order valence-corrected chi connectivity index (χ3v) is 4.91. The number of quaternary nitrogens is 1. The lowest BCUT2D eigenvalue weighted by Gasteiger charge is -2.21. The van der Waals surface area contributed by atoms with Gasteiger partial charge in [0.1, 0.15) is 6.54 Å². The maximum Gasteiger partial charge on any atom is 0.303 e. The van der Waals surface area contributed by atoms with Gasteiger partial charge in [0, 0.05) is 5.56 Å². The van der Waals surface area contributed by atoms with Crippen LogP contribution < -0.4 is 9.80 Å². The summed E-state index contributed by atoms with van der Waals surface area (Å²) in [5.74, 6) is -0.458. The van der Waals surface area contributed by atoms with Crippen molar-refractivity contribution in [2.75, 3.05) is 18.6 Å². The molecule has 1 aromatic carbocycles. The fourth-order valence-corrected chi connectivity index (χ4v) is 3.57. The van der Waals surface area contributed by atoms with Crippen molar-refractivity contribution in [2.24, 2.45) is 0 Å². The molecule has 2 heterocycles. The van der Waals surface area contributed by atoms with Crippen LogP contribution in [0.1, 0.15) is 41.3 Å². The Morgan fingerprint density at radius 2 is 2.00 bits per heavy atom. The van der Waals surface area contributed by atoms with Crippen LogP contribution in [0.5, 0.6) is 0 Å². The first-order valence-corrected chi connectivity index (χ1v) is 8.74. The van der Waals surface area contributed by atoms with E-state index in [-0.39, 0.29) is 5.78 Å². The number of anilines is 1. The Morgan fingerprint density at radius 3 is 2.65 bits per heavy atom. The smallest absolute Gasteiger partial charge is 0.303 e. The van der Waals surface area contributed by atoms with Crippen molar-refractivity contribution >= 4 is 28.7 Å². The van der Waals surface area contributed by atoms with Crippen LogP contribution >= 0.6 is 11.3 Å². The number of carbonyl (C=O) groups is 2. The fourth-order valence-electron chi connectivity index (χ4n) is 2.90. The number of fused-ring (bicyclic) bond motifs is 1. The van der Waals surface area contributed by atoms with E-state index in [9.17, 15) is 9.59 Å². The Labute approximate surface area is 140 Å². The van der Waals surface area contributed by atoms with E-state index in [1.54, 1.807) is 16.2 Å². The largest absolute Gasteiger partial charge is 0.316 e. The average Bonchev–Trinajstić information content (AvgIpc) is 3.10. The zero-order valence-electron chi connectivity index (χ0n) is 13.6. The van der Waals surface area contributed by atoms with E-state index >= 15 is 0 Å². The number of benzene rings is 1. The van der Waals surface area contributed by atoms with Crippen LogP contribution in [0.25, 0.3) is 0 Å². The van der Waals surface area contributed by atoms with E-state index in [2.05, 4.69) is 30.7 Å². The number of Topliss-reactive ketones (excluding diaryl/α,β-unsaturated/α-hetero) is 1. The number of hydrogen-bond donors (Lipinski definition) is 1. The Hall–Kier alpha value is -1.98. The topological polar surface area (TPSA) is 41.8 Å². The number of nitrogens with one attached hydrogen (secondary N) is 1. The van der Waals surface area contributed by atoms with E-state index in [1.165, 1.54) is 10.5 Å². The Morgan fingerprint density at radius 1 is 1.22 bits per heavy atom. The molecule has 1 amide bonds. The number of carbonyl (C=O) groups excluding carboxylic acids is 2. The number of nitrogens with zero attached hydrogens (tertiary/aromatic N) is 1. The van der Waals surface area contributed by atoms with E-state index in [0.29, 0.717) is 18.2 Å². The molecule has 23 heavy (non-hydrogen) atoms. The molecule has 3 rings (SSSR count). The minimum absolute atomic E-state index is 0.337. The van der Waals surface area contributed by atoms with Crippen molar-refractivity contribution in [3.63, 3.8) is 0 Å². The van der Waals surface area contributed by atoms with Crippen molar-refractivity contribution in [1.29, 1.82) is 0 Å². The molecule has 0 saturated carbocycles. The molecule has 1 aromatic heterocycles. The number of rotatable bonds is 5. The highest BCUT2D eigenvalue weighted by atomic mass is 32.1. The first kappa shape index (κ1) is 15.9. The molecule has 1 aliphatic rings. The maximum absolute atomic E-state index is 12.3. The van der Waals surface area contributed by atoms with Gasteiger partial charge in [-0.2, -0.15) is 11.3 Å². The van der Waals surface area contributed by atoms with Gasteiger partial charge in [0.05, 0.1) is 18.3 Å². The second-order valence-electron chi connectivity index (χ2n) is 6.42. The van der Waals surface area contributed by atoms with Crippen LogP contribution in [0.3, 0.4) is 0 Å². The zero-order valence-corrected chi connectivity index (χ0v) is 14.4. The van der Waals surface area contributed by atoms with Gasteiger partial charge in [0.15, 0.2) is 6.67 Å². The highest BCUT2D eigenvalue weighted by molar-refractivity contribution is 7.07. The SMILES string of the molecule is CC(C)c1ccc2c(c1)C(=O)C(=O)N2C[NH+](C)Cc1ccsc1. The summed E-state index contributed by atoms with van der Waals surface area (Å²) >= 11 is 1.67. The minimum Gasteiger partial charge on any atom is -0.316 e. The molecule has 1 N–H and O–H groups in total. The predicted molar refractivity (Wildman–Crippen MR) is 92.1 cm³/mol. The predicted octanol–water partition coefficient (Wildman–Crippen LogP) is 2.07. The van der Waals surface area contributed by atoms with Crippen LogP contribution in [0.2, 0.25) is 0 Å². The fraction of sp³-hybridized carbons (Fsp3) is 0.333. The molecule has 0 fully saturated rings. The van der Waals surface area contributed by atoms with Gasteiger partial charge in [-0.15, -0.1) is 0 Å². The van der Waals surface area contributed by atoms with Crippen LogP contribution in [0, 0.1) is 0 Å². The number of ketones is 1. The molecule has 4 nitrogen and oxygen atoms in total. The second kappa shape index (κ2) is 6.26. The van der Waals surface area contributed by atoms with Gasteiger partial charge >= 0.3 is 5.91 Å². The minimum atomic E-state index is -0.412. The summed E-state index contributed by atoms with van der Waals surface area (Å²) < 4.78 is 0. The zero-order chi connectivity index (χ0) is 16.6. The Balaban J connectivity index is 1.81. The first-order chi connectivity index (χ1) is 11.0. The summed E-state index contributed by atoms with van der Waals surface area (Å²) in [6.45, 7) is 5.49. The Kier molecular flexibility index (Phi) is 4.33. The summed E-state index contributed by atoms with van der Waals surface area (Å²) in [6.07, 6.45) is 0. The number of hydrogen-bond acceptors (Lipinski definition) is 3. The normalized spacial score (nSPS) is 15.4. The van der Waals surface area contributed by atoms with Gasteiger partial charge in [-0.1, -0.05) is 19.9 Å². The van der Waals surface area contributed by atoms with Crippen LogP contribution in [-0.4, -0.2) is 25.4 Å². The molecular formula is C18H21N2O2S+. The molecule has 0 radical (unpaired) electrons. The van der Waals surface area contributed by atoms with Crippen LogP contribution in [-0.2, 0) is 11.3 Å². The molecule has 0 aliphatic carbocycles. The van der Waals surface area contributed by atoms with E-state index in [1.807, 2.05) is 25.2 Å². The van der Waals surface area contributed by atoms with Crippen LogP contribution in [0.15, 0.2) is 35.0 Å². The highest BCUT2D eigenvalue weighted by Crippen LogP contribution is 2.31. The van der Waals surface area contributed by atoms with Gasteiger partial charge in [-0.3, -0.25) is 14.5 Å². The lowest BCUT2D eigenvalue weighted by molar-refractivity contribution is -0.892. The second-order valence-corrected chi connectivity index (χ2v) is 7.20. The molecule has 2 aromatic rings. The van der Waals surface area contributed by atoms with E-state index in [0.717, 1.165) is 17.8 Å². The van der Waals surface area contributed by atoms with Gasteiger partial charge in [-0.25, -0.2) is 0 Å². The summed E-state index contributed by atoms with van der Waals surface area (Å²) in [6, 6.07) is 7.88. The third-order valence-electron chi connectivity index (χ3n) is 4.18. The molecule has 0 saturated heterocycles. The number of thiophene rings is 1. The molecular weight excluding hydrogens is 308 g/mol. The van der Waals surface area contributed by atoms with Gasteiger partial charge in [0.2, 0.25) is 0 Å². The van der Waals surface area contributed by atoms with E-state index < -0.39 is 5.91 Å². The first-order valence-electron chi connectivity index (χ1n) is 7.80. The van der Waals surface area contributed by atoms with Crippen LogP contribution in [0.4, 0.5) is 5.69 Å². The van der Waals surface area contributed by atoms with Crippen molar-refractivity contribution in [2.45, 2.75) is 26.3 Å². The highest BCUT2D eigenvalue weighted by Gasteiger charge is 2.37. The lowest BCUT2D eigenvalue weighted by atomic mass is 9.99. The van der Waals surface area contributed by atoms with Crippen molar-refractivity contribution in [1.82, 2.24) is 0 Å². The monoisotopic (exact) mass is 329 g/mol. The molecule has 120 valence electrons. The lowest BCUT2D eigenvalue weighted by Crippen LogP contribution is -3.09. The number of amides is 1. The molecule has 1 unspecified atom stereocenters. The molecule has 1 aliphatic heterocycles. The van der Waals surface area contributed by atoms with Crippen molar-refractivity contribution in [3.05, 3.63) is 51.7 Å². The summed E-state index contributed by atoms with van der Waals surface area (Å²) in [7, 11) is 2.04. The van der Waals surface area contributed by atoms with Gasteiger partial charge in [0.25, 0.3) is 5.78 Å². The molecule has 1 atom stereocenters. The van der Waals surface area contributed by atoms with Crippen molar-refractivity contribution < 1.29 is 14.5 Å². The summed E-state index contributed by atoms with van der Waals surface area (Å²) in [5.41, 5.74) is 3.63. The third kappa shape index (κ3) is 3.07. The van der Waals surface area contributed by atoms with Gasteiger partial charge < -0.3 is 4.90 Å².